The number of hydrogen-bond acceptors (Lipinski definition) is 6. The van der Waals surface area contributed by atoms with E-state index in [9.17, 15) is 9.59 Å². The number of H-pyrrole nitrogens is 1. The number of aromatic nitrogens is 5. The van der Waals surface area contributed by atoms with Crippen LogP contribution in [0.3, 0.4) is 0 Å². The predicted octanol–water partition coefficient (Wildman–Crippen LogP) is -0.0908. The van der Waals surface area contributed by atoms with Crippen LogP contribution in [0.5, 0.6) is 0 Å². The molecular weight excluding hydrogens is 304 g/mol. The molecular formula is C13H16N6O2S. The van der Waals surface area contributed by atoms with Gasteiger partial charge in [0.15, 0.2) is 0 Å². The number of carbonyl (C=O) groups is 1. The summed E-state index contributed by atoms with van der Waals surface area (Å²) in [5.74, 6) is 0.288. The minimum Gasteiger partial charge on any atom is -0.351 e. The van der Waals surface area contributed by atoms with Crippen molar-refractivity contribution in [3.63, 3.8) is 0 Å². The van der Waals surface area contributed by atoms with Crippen molar-refractivity contribution < 1.29 is 4.79 Å². The molecule has 0 fully saturated rings. The second-order valence-corrected chi connectivity index (χ2v) is 6.12. The van der Waals surface area contributed by atoms with Crippen molar-refractivity contribution in [3.05, 3.63) is 33.2 Å². The number of tetrazole rings is 1. The second-order valence-electron chi connectivity index (χ2n) is 5.06. The number of carbonyl (C=O) groups excluding carboxylic acids is 1. The third-order valence-electron chi connectivity index (χ3n) is 3.53. The first kappa shape index (κ1) is 14.8. The Labute approximate surface area is 130 Å². The van der Waals surface area contributed by atoms with E-state index in [0.717, 1.165) is 30.5 Å². The van der Waals surface area contributed by atoms with E-state index in [1.165, 1.54) is 11.8 Å². The Hall–Kier alpha value is -2.16. The van der Waals surface area contributed by atoms with Gasteiger partial charge in [0, 0.05) is 25.0 Å². The molecule has 0 saturated carbocycles. The summed E-state index contributed by atoms with van der Waals surface area (Å²) >= 11 is 1.44. The number of pyridine rings is 1. The van der Waals surface area contributed by atoms with Gasteiger partial charge in [-0.1, -0.05) is 11.8 Å². The molecule has 2 aromatic heterocycles. The summed E-state index contributed by atoms with van der Waals surface area (Å²) in [5.41, 5.74) is 1.91. The molecule has 1 aliphatic carbocycles. The van der Waals surface area contributed by atoms with Crippen molar-refractivity contribution in [2.75, 3.05) is 12.3 Å². The number of hydrogen-bond donors (Lipinski definition) is 2. The third-order valence-corrected chi connectivity index (χ3v) is 4.55. The van der Waals surface area contributed by atoms with Gasteiger partial charge in [0.2, 0.25) is 5.16 Å². The standard InChI is InChI=1S/C13H16N6O2S/c1-19-13(16-17-18-19)22-6-5-14-11(20)9-7-8-3-2-4-10(8)15-12(9)21/h7H,2-6H2,1H3,(H,14,20)(H,15,21). The molecule has 2 N–H and O–H groups in total. The minimum atomic E-state index is -0.340. The van der Waals surface area contributed by atoms with E-state index in [1.807, 2.05) is 0 Å². The SMILES string of the molecule is Cn1nnnc1SCCNC(=O)c1cc2c([nH]c1=O)CCC2. The summed E-state index contributed by atoms with van der Waals surface area (Å²) in [4.78, 5) is 26.8. The summed E-state index contributed by atoms with van der Waals surface area (Å²) in [5, 5.41) is 14.5. The van der Waals surface area contributed by atoms with E-state index in [1.54, 1.807) is 17.8 Å². The average Bonchev–Trinajstić information content (AvgIpc) is 3.11. The number of nitrogens with zero attached hydrogens (tertiary/aromatic N) is 4. The number of amides is 1. The highest BCUT2D eigenvalue weighted by Gasteiger charge is 2.17. The summed E-state index contributed by atoms with van der Waals surface area (Å²) in [6.45, 7) is 0.437. The fraction of sp³-hybridized carbons (Fsp3) is 0.462. The number of aryl methyl sites for hydroxylation is 3. The molecule has 0 spiro atoms. The number of nitrogens with one attached hydrogen (secondary N) is 2. The van der Waals surface area contributed by atoms with Crippen LogP contribution in [0.25, 0.3) is 0 Å². The Morgan fingerprint density at radius 1 is 1.50 bits per heavy atom. The van der Waals surface area contributed by atoms with Crippen LogP contribution < -0.4 is 10.9 Å². The van der Waals surface area contributed by atoms with Crippen LogP contribution in [0.15, 0.2) is 16.0 Å². The van der Waals surface area contributed by atoms with Gasteiger partial charge in [-0.25, -0.2) is 4.68 Å². The normalized spacial score (nSPS) is 13.1. The molecule has 3 rings (SSSR count). The lowest BCUT2D eigenvalue weighted by atomic mass is 10.1. The lowest BCUT2D eigenvalue weighted by Gasteiger charge is -2.06. The average molecular weight is 320 g/mol. The number of aromatic amines is 1. The van der Waals surface area contributed by atoms with Gasteiger partial charge < -0.3 is 10.3 Å². The van der Waals surface area contributed by atoms with Gasteiger partial charge in [-0.2, -0.15) is 0 Å². The van der Waals surface area contributed by atoms with E-state index in [2.05, 4.69) is 25.8 Å². The maximum absolute atomic E-state index is 12.1. The summed E-state index contributed by atoms with van der Waals surface area (Å²) < 4.78 is 1.57. The van der Waals surface area contributed by atoms with E-state index < -0.39 is 0 Å². The quantitative estimate of drug-likeness (QED) is 0.589. The van der Waals surface area contributed by atoms with Gasteiger partial charge in [-0.05, 0) is 41.3 Å². The maximum atomic E-state index is 12.1. The fourth-order valence-corrected chi connectivity index (χ4v) is 3.13. The van der Waals surface area contributed by atoms with Crippen LogP contribution in [0.1, 0.15) is 28.0 Å². The lowest BCUT2D eigenvalue weighted by molar-refractivity contribution is 0.0954. The van der Waals surface area contributed by atoms with Gasteiger partial charge in [0.25, 0.3) is 11.5 Å². The fourth-order valence-electron chi connectivity index (χ4n) is 2.43. The van der Waals surface area contributed by atoms with E-state index >= 15 is 0 Å². The van der Waals surface area contributed by atoms with Gasteiger partial charge in [0.05, 0.1) is 0 Å². The zero-order chi connectivity index (χ0) is 15.5. The van der Waals surface area contributed by atoms with Crippen molar-refractivity contribution in [2.45, 2.75) is 24.4 Å². The molecule has 1 amide bonds. The molecule has 8 nitrogen and oxygen atoms in total. The van der Waals surface area contributed by atoms with Crippen LogP contribution in [0.2, 0.25) is 0 Å². The van der Waals surface area contributed by atoms with Gasteiger partial charge in [0.1, 0.15) is 5.56 Å². The zero-order valence-electron chi connectivity index (χ0n) is 12.1. The molecule has 0 bridgehead atoms. The van der Waals surface area contributed by atoms with Gasteiger partial charge in [-0.3, -0.25) is 9.59 Å². The molecule has 2 aromatic rings. The van der Waals surface area contributed by atoms with Crippen LogP contribution >= 0.6 is 11.8 Å². The molecule has 0 unspecified atom stereocenters. The Morgan fingerprint density at radius 2 is 2.36 bits per heavy atom. The molecule has 0 saturated heterocycles. The van der Waals surface area contributed by atoms with Crippen LogP contribution in [0, 0.1) is 0 Å². The topological polar surface area (TPSA) is 106 Å². The zero-order valence-corrected chi connectivity index (χ0v) is 12.9. The monoisotopic (exact) mass is 320 g/mol. The van der Waals surface area contributed by atoms with Crippen LogP contribution in [-0.2, 0) is 19.9 Å². The Morgan fingerprint density at radius 3 is 3.14 bits per heavy atom. The molecule has 22 heavy (non-hydrogen) atoms. The first-order valence-corrected chi connectivity index (χ1v) is 8.02. The number of thioether (sulfide) groups is 1. The van der Waals surface area contributed by atoms with E-state index in [4.69, 9.17) is 0 Å². The smallest absolute Gasteiger partial charge is 0.261 e. The predicted molar refractivity (Wildman–Crippen MR) is 80.9 cm³/mol. The van der Waals surface area contributed by atoms with Gasteiger partial charge >= 0.3 is 0 Å². The largest absolute Gasteiger partial charge is 0.351 e. The molecule has 1 aliphatic rings. The highest BCUT2D eigenvalue weighted by atomic mass is 32.2. The number of rotatable bonds is 5. The van der Waals surface area contributed by atoms with Crippen LogP contribution in [-0.4, -0.2) is 43.4 Å². The lowest BCUT2D eigenvalue weighted by Crippen LogP contribution is -2.31. The Bertz CT molecular complexity index is 753. The van der Waals surface area contributed by atoms with Crippen molar-refractivity contribution in [1.29, 1.82) is 0 Å². The number of fused-ring (bicyclic) bond motifs is 1. The molecule has 0 radical (unpaired) electrons. The van der Waals surface area contributed by atoms with Crippen molar-refractivity contribution in [3.8, 4) is 0 Å². The summed E-state index contributed by atoms with van der Waals surface area (Å²) in [6.07, 6.45) is 2.83. The Balaban J connectivity index is 1.56. The summed E-state index contributed by atoms with van der Waals surface area (Å²) in [6, 6.07) is 1.72. The highest BCUT2D eigenvalue weighted by molar-refractivity contribution is 7.99. The maximum Gasteiger partial charge on any atom is 0.261 e. The second kappa shape index (κ2) is 6.30. The molecule has 0 aliphatic heterocycles. The minimum absolute atomic E-state index is 0.186. The highest BCUT2D eigenvalue weighted by Crippen LogP contribution is 2.18. The van der Waals surface area contributed by atoms with Crippen LogP contribution in [0.4, 0.5) is 0 Å². The first-order valence-electron chi connectivity index (χ1n) is 7.03. The molecule has 116 valence electrons. The third kappa shape index (κ3) is 3.03. The summed E-state index contributed by atoms with van der Waals surface area (Å²) in [7, 11) is 1.75. The van der Waals surface area contributed by atoms with Crippen molar-refractivity contribution >= 4 is 17.7 Å². The first-order chi connectivity index (χ1) is 10.6. The van der Waals surface area contributed by atoms with Gasteiger partial charge in [-0.15, -0.1) is 5.10 Å². The molecule has 0 atom stereocenters. The molecule has 2 heterocycles. The van der Waals surface area contributed by atoms with E-state index in [-0.39, 0.29) is 17.0 Å². The van der Waals surface area contributed by atoms with E-state index in [0.29, 0.717) is 17.5 Å². The molecule has 0 aromatic carbocycles. The van der Waals surface area contributed by atoms with Crippen molar-refractivity contribution in [2.24, 2.45) is 7.05 Å². The molecule has 9 heteroatoms. The van der Waals surface area contributed by atoms with Crippen molar-refractivity contribution in [1.82, 2.24) is 30.5 Å². The Kier molecular flexibility index (Phi) is 4.23.